The molecule has 0 radical (unpaired) electrons. The number of likely N-dealkylation sites (tertiary alicyclic amines) is 1. The zero-order valence-corrected chi connectivity index (χ0v) is 17.4. The zero-order valence-electron chi connectivity index (χ0n) is 16.6. The molecule has 3 heterocycles. The Morgan fingerprint density at radius 3 is 2.67 bits per heavy atom. The van der Waals surface area contributed by atoms with Crippen molar-refractivity contribution in [1.82, 2.24) is 14.7 Å². The highest BCUT2D eigenvalue weighted by molar-refractivity contribution is 6.36. The molecule has 0 spiro atoms. The lowest BCUT2D eigenvalue weighted by Gasteiger charge is -2.34. The van der Waals surface area contributed by atoms with Gasteiger partial charge in [0.25, 0.3) is 5.91 Å². The average Bonchev–Trinajstić information content (AvgIpc) is 3.09. The summed E-state index contributed by atoms with van der Waals surface area (Å²) in [7, 11) is 0. The number of hydrogen-bond donors (Lipinski definition) is 1. The Balaban J connectivity index is 1.72. The van der Waals surface area contributed by atoms with Gasteiger partial charge >= 0.3 is 6.18 Å². The van der Waals surface area contributed by atoms with Crippen LogP contribution in [-0.4, -0.2) is 39.4 Å². The lowest BCUT2D eigenvalue weighted by molar-refractivity contribution is -0.173. The van der Waals surface area contributed by atoms with Gasteiger partial charge in [-0.3, -0.25) is 4.79 Å². The van der Waals surface area contributed by atoms with Gasteiger partial charge in [-0.25, -0.2) is 4.68 Å². The van der Waals surface area contributed by atoms with Crippen molar-refractivity contribution in [2.75, 3.05) is 11.9 Å². The molecule has 1 aromatic heterocycles. The van der Waals surface area contributed by atoms with E-state index in [0.29, 0.717) is 6.54 Å². The number of aromatic nitrogens is 2. The second-order valence-electron chi connectivity index (χ2n) is 7.91. The molecule has 1 N–H and O–H groups in total. The van der Waals surface area contributed by atoms with Gasteiger partial charge in [0.1, 0.15) is 10.8 Å². The number of nitrogens with one attached hydrogen (secondary N) is 1. The summed E-state index contributed by atoms with van der Waals surface area (Å²) < 4.78 is 42.5. The van der Waals surface area contributed by atoms with E-state index < -0.39 is 24.2 Å². The summed E-state index contributed by atoms with van der Waals surface area (Å²) in [6, 6.07) is 6.54. The standard InChI is InChI=1S/C21H24ClF3N4O/c1-2-14-10-6-7-11-28(14)20(30)18-17(22)19-26-15(13-8-4-3-5-9-13)12-16(21(23,24)25)29(19)27-18/h3-5,8-9,14-16,26H,2,6-7,10-12H2,1H3/t14-,15+,16+/m1/s1. The molecule has 1 amide bonds. The number of anilines is 1. The summed E-state index contributed by atoms with van der Waals surface area (Å²) in [5, 5.41) is 7.12. The molecule has 5 nitrogen and oxygen atoms in total. The van der Waals surface area contributed by atoms with Crippen molar-refractivity contribution in [3.8, 4) is 0 Å². The fourth-order valence-electron chi connectivity index (χ4n) is 4.46. The molecule has 1 fully saturated rings. The van der Waals surface area contributed by atoms with Crippen LogP contribution >= 0.6 is 11.6 Å². The van der Waals surface area contributed by atoms with Crippen molar-refractivity contribution in [2.24, 2.45) is 0 Å². The summed E-state index contributed by atoms with van der Waals surface area (Å²) in [6.07, 6.45) is -1.17. The fraction of sp³-hybridized carbons (Fsp3) is 0.524. The SMILES string of the molecule is CC[C@@H]1CCCCN1C(=O)c1nn2c(c1Cl)N[C@H](c1ccccc1)C[C@H]2C(F)(F)F. The molecule has 9 heteroatoms. The van der Waals surface area contributed by atoms with Gasteiger partial charge in [0.05, 0.1) is 6.04 Å². The highest BCUT2D eigenvalue weighted by Crippen LogP contribution is 2.46. The molecular weight excluding hydrogens is 417 g/mol. The van der Waals surface area contributed by atoms with Crippen LogP contribution in [0.1, 0.15) is 67.2 Å². The van der Waals surface area contributed by atoms with Crippen molar-refractivity contribution in [3.05, 3.63) is 46.6 Å². The van der Waals surface area contributed by atoms with Gasteiger partial charge in [-0.15, -0.1) is 0 Å². The third-order valence-electron chi connectivity index (χ3n) is 6.06. The quantitative estimate of drug-likeness (QED) is 0.675. The minimum Gasteiger partial charge on any atom is -0.362 e. The minimum atomic E-state index is -4.52. The summed E-state index contributed by atoms with van der Waals surface area (Å²) in [5.74, 6) is -0.347. The maximum atomic E-state index is 13.9. The summed E-state index contributed by atoms with van der Waals surface area (Å²) >= 11 is 6.45. The van der Waals surface area contributed by atoms with E-state index in [1.54, 1.807) is 29.2 Å². The molecule has 0 aliphatic carbocycles. The largest absolute Gasteiger partial charge is 0.410 e. The molecular formula is C21H24ClF3N4O. The second kappa shape index (κ2) is 8.13. The molecule has 0 bridgehead atoms. The van der Waals surface area contributed by atoms with Crippen LogP contribution in [0.25, 0.3) is 0 Å². The number of benzene rings is 1. The number of alkyl halides is 3. The van der Waals surface area contributed by atoms with Crippen molar-refractivity contribution in [1.29, 1.82) is 0 Å². The molecule has 162 valence electrons. The van der Waals surface area contributed by atoms with Crippen molar-refractivity contribution in [2.45, 2.75) is 63.3 Å². The number of hydrogen-bond acceptors (Lipinski definition) is 3. The highest BCUT2D eigenvalue weighted by atomic mass is 35.5. The third kappa shape index (κ3) is 3.77. The van der Waals surface area contributed by atoms with Gasteiger partial charge in [-0.1, -0.05) is 48.9 Å². The molecule has 2 aliphatic rings. The van der Waals surface area contributed by atoms with Crippen LogP contribution in [0.15, 0.2) is 30.3 Å². The lowest BCUT2D eigenvalue weighted by Crippen LogP contribution is -2.43. The van der Waals surface area contributed by atoms with Gasteiger partial charge < -0.3 is 10.2 Å². The Morgan fingerprint density at radius 1 is 1.27 bits per heavy atom. The maximum absolute atomic E-state index is 13.9. The first kappa shape index (κ1) is 21.0. The van der Waals surface area contributed by atoms with E-state index in [9.17, 15) is 18.0 Å². The van der Waals surface area contributed by atoms with Crippen molar-refractivity contribution >= 4 is 23.3 Å². The summed E-state index contributed by atoms with van der Waals surface area (Å²) in [5.41, 5.74) is 0.618. The maximum Gasteiger partial charge on any atom is 0.410 e. The van der Waals surface area contributed by atoms with Gasteiger partial charge in [0, 0.05) is 19.0 Å². The first-order valence-electron chi connectivity index (χ1n) is 10.3. The van der Waals surface area contributed by atoms with Crippen molar-refractivity contribution in [3.63, 3.8) is 0 Å². The second-order valence-corrected chi connectivity index (χ2v) is 8.29. The van der Waals surface area contributed by atoms with Gasteiger partial charge in [0.2, 0.25) is 0 Å². The Morgan fingerprint density at radius 2 is 2.00 bits per heavy atom. The third-order valence-corrected chi connectivity index (χ3v) is 6.42. The van der Waals surface area contributed by atoms with Crippen LogP contribution in [0.2, 0.25) is 5.02 Å². The molecule has 2 aromatic rings. The van der Waals surface area contributed by atoms with Crippen LogP contribution < -0.4 is 5.32 Å². The first-order chi connectivity index (χ1) is 14.3. The highest BCUT2D eigenvalue weighted by Gasteiger charge is 2.48. The fourth-order valence-corrected chi connectivity index (χ4v) is 4.72. The molecule has 0 saturated carbocycles. The topological polar surface area (TPSA) is 50.2 Å². The van der Waals surface area contributed by atoms with E-state index in [0.717, 1.165) is 35.9 Å². The van der Waals surface area contributed by atoms with Gasteiger partial charge in [-0.2, -0.15) is 18.3 Å². The predicted octanol–water partition coefficient (Wildman–Crippen LogP) is 5.60. The number of halogens is 4. The van der Waals surface area contributed by atoms with Gasteiger partial charge in [-0.05, 0) is 31.2 Å². The summed E-state index contributed by atoms with van der Waals surface area (Å²) in [6.45, 7) is 2.57. The van der Waals surface area contributed by atoms with Crippen LogP contribution in [0.3, 0.4) is 0 Å². The molecule has 1 aromatic carbocycles. The Bertz CT molecular complexity index is 915. The van der Waals surface area contributed by atoms with Crippen LogP contribution in [0.4, 0.5) is 19.0 Å². The van der Waals surface area contributed by atoms with Crippen LogP contribution in [0, 0.1) is 0 Å². The van der Waals surface area contributed by atoms with Crippen LogP contribution in [-0.2, 0) is 0 Å². The molecule has 0 unspecified atom stereocenters. The lowest BCUT2D eigenvalue weighted by atomic mass is 9.97. The summed E-state index contributed by atoms with van der Waals surface area (Å²) in [4.78, 5) is 14.9. The molecule has 1 saturated heterocycles. The average molecular weight is 441 g/mol. The molecule has 3 atom stereocenters. The number of piperidine rings is 1. The molecule has 30 heavy (non-hydrogen) atoms. The Kier molecular flexibility index (Phi) is 5.70. The number of carbonyl (C=O) groups is 1. The smallest absolute Gasteiger partial charge is 0.362 e. The van der Waals surface area contributed by atoms with E-state index in [-0.39, 0.29) is 29.0 Å². The molecule has 2 aliphatic heterocycles. The number of amides is 1. The van der Waals surface area contributed by atoms with E-state index in [4.69, 9.17) is 11.6 Å². The zero-order chi connectivity index (χ0) is 21.5. The number of carbonyl (C=O) groups excluding carboxylic acids is 1. The molecule has 4 rings (SSSR count). The predicted molar refractivity (Wildman–Crippen MR) is 109 cm³/mol. The normalized spacial score (nSPS) is 24.3. The van der Waals surface area contributed by atoms with Crippen molar-refractivity contribution < 1.29 is 18.0 Å². The van der Waals surface area contributed by atoms with Crippen LogP contribution in [0.5, 0.6) is 0 Å². The first-order valence-corrected chi connectivity index (χ1v) is 10.7. The number of nitrogens with zero attached hydrogens (tertiary/aromatic N) is 3. The van der Waals surface area contributed by atoms with E-state index >= 15 is 0 Å². The Labute approximate surface area is 178 Å². The van der Waals surface area contributed by atoms with E-state index in [2.05, 4.69) is 10.4 Å². The monoisotopic (exact) mass is 440 g/mol. The Hall–Kier alpha value is -2.22. The van der Waals surface area contributed by atoms with E-state index in [1.165, 1.54) is 0 Å². The number of fused-ring (bicyclic) bond motifs is 1. The van der Waals surface area contributed by atoms with E-state index in [1.807, 2.05) is 13.0 Å². The van der Waals surface area contributed by atoms with Gasteiger partial charge in [0.15, 0.2) is 11.7 Å². The minimum absolute atomic E-state index is 0.0460. The number of rotatable bonds is 3.